The molecule has 2 atom stereocenters. The van der Waals surface area contributed by atoms with Crippen molar-refractivity contribution in [2.45, 2.75) is 70.9 Å². The summed E-state index contributed by atoms with van der Waals surface area (Å²) in [6.45, 7) is 12.6. The van der Waals surface area contributed by atoms with Crippen LogP contribution in [0, 0.1) is 11.3 Å². The van der Waals surface area contributed by atoms with Crippen molar-refractivity contribution in [3.8, 4) is 0 Å². The molecule has 4 aliphatic rings. The minimum Gasteiger partial charge on any atom is -0.403 e. The van der Waals surface area contributed by atoms with E-state index in [2.05, 4.69) is 52.8 Å². The summed E-state index contributed by atoms with van der Waals surface area (Å²) in [6.07, 6.45) is 9.22. The third-order valence-corrected chi connectivity index (χ3v) is 7.20. The van der Waals surface area contributed by atoms with Crippen LogP contribution in [0.2, 0.25) is 5.82 Å². The van der Waals surface area contributed by atoms with Crippen LogP contribution in [-0.2, 0) is 18.8 Å². The van der Waals surface area contributed by atoms with Gasteiger partial charge in [-0.1, -0.05) is 25.2 Å². The average molecular weight is 373 g/mol. The molecule has 3 fully saturated rings. The van der Waals surface area contributed by atoms with Gasteiger partial charge in [0, 0.05) is 37.2 Å². The quantitative estimate of drug-likeness (QED) is 0.561. The van der Waals surface area contributed by atoms with Crippen LogP contribution in [0.1, 0.15) is 53.9 Å². The predicted octanol–water partition coefficient (Wildman–Crippen LogP) is 3.57. The number of carbonyl (C=O) groups excluding carboxylic acids is 1. The highest BCUT2D eigenvalue weighted by atomic mass is 16.7. The van der Waals surface area contributed by atoms with E-state index in [-0.39, 0.29) is 41.4 Å². The van der Waals surface area contributed by atoms with Crippen LogP contribution in [0.4, 0.5) is 0 Å². The van der Waals surface area contributed by atoms with Gasteiger partial charge < -0.3 is 18.9 Å². The molecule has 3 aliphatic heterocycles. The maximum atomic E-state index is 13.4. The number of hydrogen-bond donors (Lipinski definition) is 0. The van der Waals surface area contributed by atoms with Crippen molar-refractivity contribution in [2.75, 3.05) is 19.8 Å². The lowest BCUT2D eigenvalue weighted by Gasteiger charge is -2.35. The van der Waals surface area contributed by atoms with E-state index in [4.69, 9.17) is 14.0 Å². The predicted molar refractivity (Wildman–Crippen MR) is 105 cm³/mol. The number of nitrogens with zero attached hydrogens (tertiary/aromatic N) is 1. The average Bonchev–Trinajstić information content (AvgIpc) is 2.98. The van der Waals surface area contributed by atoms with Crippen molar-refractivity contribution >= 4 is 13.0 Å². The van der Waals surface area contributed by atoms with Crippen molar-refractivity contribution in [3.05, 3.63) is 23.9 Å². The van der Waals surface area contributed by atoms with E-state index in [0.29, 0.717) is 13.2 Å². The molecule has 2 unspecified atom stereocenters. The van der Waals surface area contributed by atoms with Crippen LogP contribution in [0.5, 0.6) is 0 Å². The first kappa shape index (κ1) is 19.2. The second-order valence-corrected chi connectivity index (χ2v) is 9.38. The molecule has 3 saturated heterocycles. The summed E-state index contributed by atoms with van der Waals surface area (Å²) in [6, 6.07) is 0. The van der Waals surface area contributed by atoms with Gasteiger partial charge >= 0.3 is 7.12 Å². The standard InChI is InChI=1S/C21H32BNO4/c1-6-11-23-17-14-15(22-26-19(2,3)20(4,5)27-22)7-8-16(17)21(18(23)24)9-12-25-13-10-21/h7-8,14-16H,6,9-13H2,1-5H3. The fourth-order valence-corrected chi connectivity index (χ4v) is 4.87. The number of likely N-dealkylation sites (tertiary alicyclic amines) is 1. The van der Waals surface area contributed by atoms with Gasteiger partial charge in [-0.15, -0.1) is 0 Å². The second-order valence-electron chi connectivity index (χ2n) is 9.38. The summed E-state index contributed by atoms with van der Waals surface area (Å²) in [5.41, 5.74) is 0.122. The molecular weight excluding hydrogens is 341 g/mol. The lowest BCUT2D eigenvalue weighted by molar-refractivity contribution is -0.141. The van der Waals surface area contributed by atoms with Gasteiger partial charge in [0.25, 0.3) is 0 Å². The maximum Gasteiger partial charge on any atom is 0.469 e. The molecule has 0 aromatic heterocycles. The molecule has 0 bridgehead atoms. The Hall–Kier alpha value is -1.11. The van der Waals surface area contributed by atoms with Gasteiger partial charge in [0.15, 0.2) is 0 Å². The summed E-state index contributed by atoms with van der Waals surface area (Å²) < 4.78 is 18.1. The highest BCUT2D eigenvalue weighted by Crippen LogP contribution is 2.54. The number of amides is 1. The van der Waals surface area contributed by atoms with E-state index in [1.165, 1.54) is 0 Å². The zero-order valence-corrected chi connectivity index (χ0v) is 17.3. The summed E-state index contributed by atoms with van der Waals surface area (Å²) in [7, 11) is -0.315. The summed E-state index contributed by atoms with van der Waals surface area (Å²) in [5.74, 6) is 0.460. The van der Waals surface area contributed by atoms with Gasteiger partial charge in [0.2, 0.25) is 5.91 Å². The van der Waals surface area contributed by atoms with Crippen molar-refractivity contribution in [3.63, 3.8) is 0 Å². The smallest absolute Gasteiger partial charge is 0.403 e. The summed E-state index contributed by atoms with van der Waals surface area (Å²) in [5, 5.41) is 0. The normalized spacial score (nSPS) is 33.5. The molecule has 0 aromatic rings. The van der Waals surface area contributed by atoms with Crippen molar-refractivity contribution in [1.82, 2.24) is 4.90 Å². The Morgan fingerprint density at radius 3 is 2.33 bits per heavy atom. The molecule has 3 heterocycles. The molecule has 148 valence electrons. The van der Waals surface area contributed by atoms with Crippen LogP contribution in [-0.4, -0.2) is 48.9 Å². The highest BCUT2D eigenvalue weighted by Gasteiger charge is 2.58. The molecule has 1 spiro atoms. The van der Waals surface area contributed by atoms with E-state index in [1.54, 1.807) is 0 Å². The van der Waals surface area contributed by atoms with Crippen molar-refractivity contribution < 1.29 is 18.8 Å². The molecule has 0 saturated carbocycles. The van der Waals surface area contributed by atoms with E-state index >= 15 is 0 Å². The van der Waals surface area contributed by atoms with E-state index in [0.717, 1.165) is 31.5 Å². The van der Waals surface area contributed by atoms with Gasteiger partial charge in [-0.3, -0.25) is 4.79 Å². The highest BCUT2D eigenvalue weighted by molar-refractivity contribution is 6.49. The van der Waals surface area contributed by atoms with Gasteiger partial charge in [0.05, 0.1) is 16.6 Å². The van der Waals surface area contributed by atoms with E-state index in [9.17, 15) is 4.79 Å². The monoisotopic (exact) mass is 373 g/mol. The Morgan fingerprint density at radius 1 is 1.11 bits per heavy atom. The molecule has 1 amide bonds. The zero-order chi connectivity index (χ0) is 19.4. The van der Waals surface area contributed by atoms with Crippen molar-refractivity contribution in [2.24, 2.45) is 11.3 Å². The Bertz CT molecular complexity index is 662. The lowest BCUT2D eigenvalue weighted by atomic mass is 9.64. The lowest BCUT2D eigenvalue weighted by Crippen LogP contribution is -2.41. The maximum absolute atomic E-state index is 13.4. The number of allylic oxidation sites excluding steroid dienone is 3. The first-order valence-corrected chi connectivity index (χ1v) is 10.4. The molecule has 0 aromatic carbocycles. The number of carbonyl (C=O) groups is 1. The largest absolute Gasteiger partial charge is 0.469 e. The molecule has 4 rings (SSSR count). The van der Waals surface area contributed by atoms with E-state index < -0.39 is 0 Å². The molecular formula is C21H32BNO4. The van der Waals surface area contributed by atoms with Crippen LogP contribution < -0.4 is 0 Å². The van der Waals surface area contributed by atoms with Crippen LogP contribution in [0.3, 0.4) is 0 Å². The molecule has 27 heavy (non-hydrogen) atoms. The Balaban J connectivity index is 1.65. The second kappa shape index (κ2) is 6.46. The zero-order valence-electron chi connectivity index (χ0n) is 17.3. The van der Waals surface area contributed by atoms with Crippen molar-refractivity contribution in [1.29, 1.82) is 0 Å². The minimum atomic E-state index is -0.350. The van der Waals surface area contributed by atoms with Gasteiger partial charge in [-0.05, 0) is 47.0 Å². The first-order chi connectivity index (χ1) is 12.7. The van der Waals surface area contributed by atoms with Gasteiger partial charge in [-0.2, -0.15) is 0 Å². The molecule has 0 N–H and O–H groups in total. The Kier molecular flexibility index (Phi) is 4.60. The number of rotatable bonds is 3. The fourth-order valence-electron chi connectivity index (χ4n) is 4.87. The SMILES string of the molecule is CCCN1C(=O)C2(CCOCC2)C2C=CC(B3OC(C)(C)C(C)(C)O3)C=C21. The summed E-state index contributed by atoms with van der Waals surface area (Å²) >= 11 is 0. The minimum absolute atomic E-state index is 0.0273. The Labute approximate surface area is 163 Å². The van der Waals surface area contributed by atoms with Gasteiger partial charge in [0.1, 0.15) is 0 Å². The topological polar surface area (TPSA) is 48.0 Å². The fraction of sp³-hybridized carbons (Fsp3) is 0.762. The van der Waals surface area contributed by atoms with Gasteiger partial charge in [-0.25, -0.2) is 0 Å². The Morgan fingerprint density at radius 2 is 1.74 bits per heavy atom. The van der Waals surface area contributed by atoms with E-state index in [1.807, 2.05) is 4.90 Å². The van der Waals surface area contributed by atoms with Crippen LogP contribution >= 0.6 is 0 Å². The first-order valence-electron chi connectivity index (χ1n) is 10.4. The molecule has 5 nitrogen and oxygen atoms in total. The number of fused-ring (bicyclic) bond motifs is 2. The summed E-state index contributed by atoms with van der Waals surface area (Å²) in [4.78, 5) is 15.4. The third kappa shape index (κ3) is 2.83. The third-order valence-electron chi connectivity index (χ3n) is 7.20. The molecule has 0 radical (unpaired) electrons. The van der Waals surface area contributed by atoms with Crippen LogP contribution in [0.15, 0.2) is 23.9 Å². The molecule has 6 heteroatoms. The number of hydrogen-bond acceptors (Lipinski definition) is 4. The number of ether oxygens (including phenoxy) is 1. The molecule has 1 aliphatic carbocycles. The van der Waals surface area contributed by atoms with Crippen LogP contribution in [0.25, 0.3) is 0 Å².